The Hall–Kier alpha value is -2.90. The fourth-order valence-corrected chi connectivity index (χ4v) is 2.39. The first-order valence-electron chi connectivity index (χ1n) is 7.90. The molecule has 0 unspecified atom stereocenters. The Bertz CT molecular complexity index is 764. The van der Waals surface area contributed by atoms with Gasteiger partial charge >= 0.3 is 6.18 Å². The van der Waals surface area contributed by atoms with Gasteiger partial charge in [-0.05, 0) is 24.3 Å². The van der Waals surface area contributed by atoms with Crippen LogP contribution in [0, 0.1) is 0 Å². The van der Waals surface area contributed by atoms with Gasteiger partial charge in [0.1, 0.15) is 0 Å². The average Bonchev–Trinajstić information content (AvgIpc) is 2.60. The van der Waals surface area contributed by atoms with Crippen molar-refractivity contribution in [3.05, 3.63) is 59.9 Å². The van der Waals surface area contributed by atoms with Gasteiger partial charge in [-0.3, -0.25) is 14.6 Å². The molecule has 0 saturated carbocycles. The lowest BCUT2D eigenvalue weighted by atomic mass is 10.1. The van der Waals surface area contributed by atoms with E-state index in [9.17, 15) is 22.8 Å². The third-order valence-electron chi connectivity index (χ3n) is 3.64. The van der Waals surface area contributed by atoms with Crippen molar-refractivity contribution in [3.63, 3.8) is 0 Å². The number of nitrogens with one attached hydrogen (secondary N) is 1. The fourth-order valence-electron chi connectivity index (χ4n) is 2.39. The highest BCUT2D eigenvalue weighted by Crippen LogP contribution is 2.36. The van der Waals surface area contributed by atoms with Crippen LogP contribution in [-0.2, 0) is 22.3 Å². The van der Waals surface area contributed by atoms with Crippen LogP contribution in [0.1, 0.15) is 24.6 Å². The summed E-state index contributed by atoms with van der Waals surface area (Å²) in [6.45, 7) is 1.22. The minimum absolute atomic E-state index is 0.126. The molecule has 1 N–H and O–H groups in total. The molecule has 0 atom stereocenters. The first-order valence-corrected chi connectivity index (χ1v) is 7.90. The van der Waals surface area contributed by atoms with Gasteiger partial charge in [-0.15, -0.1) is 0 Å². The lowest BCUT2D eigenvalue weighted by Gasteiger charge is -2.24. The molecule has 1 aromatic carbocycles. The van der Waals surface area contributed by atoms with Gasteiger partial charge in [0, 0.05) is 26.1 Å². The summed E-state index contributed by atoms with van der Waals surface area (Å²) < 4.78 is 39.5. The smallest absolute Gasteiger partial charge is 0.350 e. The number of para-hydroxylation sites is 1. The number of benzene rings is 1. The van der Waals surface area contributed by atoms with E-state index in [0.717, 1.165) is 11.0 Å². The highest BCUT2D eigenvalue weighted by Gasteiger charge is 2.35. The minimum Gasteiger partial charge on any atom is -0.350 e. The average molecular weight is 365 g/mol. The molecule has 0 bridgehead atoms. The number of carbonyl (C=O) groups is 2. The molecule has 0 aliphatic heterocycles. The molecular weight excluding hydrogens is 347 g/mol. The Balaban J connectivity index is 2.03. The molecule has 26 heavy (non-hydrogen) atoms. The zero-order chi connectivity index (χ0) is 19.2. The van der Waals surface area contributed by atoms with Gasteiger partial charge < -0.3 is 10.2 Å². The van der Waals surface area contributed by atoms with Crippen molar-refractivity contribution >= 4 is 17.5 Å². The van der Waals surface area contributed by atoms with Gasteiger partial charge in [0.25, 0.3) is 0 Å². The summed E-state index contributed by atoms with van der Waals surface area (Å²) in [6.07, 6.45) is -3.13. The number of pyridine rings is 1. The third kappa shape index (κ3) is 5.30. The zero-order valence-corrected chi connectivity index (χ0v) is 14.1. The summed E-state index contributed by atoms with van der Waals surface area (Å²) in [5.41, 5.74) is -0.513. The second kappa shape index (κ2) is 8.46. The molecular formula is C18H18F3N3O2. The summed E-state index contributed by atoms with van der Waals surface area (Å²) >= 11 is 0. The first-order chi connectivity index (χ1) is 12.3. The second-order valence-electron chi connectivity index (χ2n) is 5.53. The predicted octanol–water partition coefficient (Wildman–Crippen LogP) is 3.16. The number of rotatable bonds is 6. The van der Waals surface area contributed by atoms with Crippen LogP contribution in [0.2, 0.25) is 0 Å². The van der Waals surface area contributed by atoms with Crippen molar-refractivity contribution in [3.8, 4) is 0 Å². The number of alkyl halides is 3. The van der Waals surface area contributed by atoms with Gasteiger partial charge in [0.15, 0.2) is 0 Å². The monoisotopic (exact) mass is 365 g/mol. The van der Waals surface area contributed by atoms with Crippen LogP contribution in [0.25, 0.3) is 0 Å². The van der Waals surface area contributed by atoms with Crippen LogP contribution in [0.15, 0.2) is 48.7 Å². The van der Waals surface area contributed by atoms with E-state index in [4.69, 9.17) is 0 Å². The highest BCUT2D eigenvalue weighted by molar-refractivity contribution is 5.93. The Labute approximate surface area is 148 Å². The molecule has 0 aliphatic rings. The van der Waals surface area contributed by atoms with Gasteiger partial charge in [-0.25, -0.2) is 0 Å². The molecule has 0 spiro atoms. The van der Waals surface area contributed by atoms with E-state index in [0.29, 0.717) is 5.69 Å². The number of halogens is 3. The Morgan fingerprint density at radius 2 is 1.81 bits per heavy atom. The van der Waals surface area contributed by atoms with Crippen molar-refractivity contribution in [1.29, 1.82) is 0 Å². The lowest BCUT2D eigenvalue weighted by molar-refractivity contribution is -0.137. The number of nitrogens with zero attached hydrogens (tertiary/aromatic N) is 2. The van der Waals surface area contributed by atoms with E-state index in [1.165, 1.54) is 25.1 Å². The molecule has 2 amide bonds. The predicted molar refractivity (Wildman–Crippen MR) is 90.2 cm³/mol. The maximum atomic E-state index is 13.2. The molecule has 1 aromatic heterocycles. The SMILES string of the molecule is CC(=O)N(CCC(=O)NCc1ccccn1)c1ccccc1C(F)(F)F. The minimum atomic E-state index is -4.59. The van der Waals surface area contributed by atoms with Gasteiger partial charge in [0.05, 0.1) is 23.5 Å². The second-order valence-corrected chi connectivity index (χ2v) is 5.53. The van der Waals surface area contributed by atoms with E-state index in [1.807, 2.05) is 0 Å². The van der Waals surface area contributed by atoms with Crippen molar-refractivity contribution in [2.45, 2.75) is 26.1 Å². The molecule has 0 fully saturated rings. The van der Waals surface area contributed by atoms with E-state index in [2.05, 4.69) is 10.3 Å². The normalized spacial score (nSPS) is 11.1. The maximum absolute atomic E-state index is 13.2. The van der Waals surface area contributed by atoms with E-state index in [-0.39, 0.29) is 31.1 Å². The highest BCUT2D eigenvalue weighted by atomic mass is 19.4. The largest absolute Gasteiger partial charge is 0.418 e. The summed E-state index contributed by atoms with van der Waals surface area (Å²) in [4.78, 5) is 28.8. The summed E-state index contributed by atoms with van der Waals surface area (Å²) in [7, 11) is 0. The molecule has 8 heteroatoms. The molecule has 0 radical (unpaired) electrons. The van der Waals surface area contributed by atoms with Crippen LogP contribution < -0.4 is 10.2 Å². The lowest BCUT2D eigenvalue weighted by Crippen LogP contribution is -2.35. The topological polar surface area (TPSA) is 62.3 Å². The van der Waals surface area contributed by atoms with Crippen molar-refractivity contribution < 1.29 is 22.8 Å². The van der Waals surface area contributed by atoms with Crippen LogP contribution >= 0.6 is 0 Å². The first kappa shape index (κ1) is 19.4. The summed E-state index contributed by atoms with van der Waals surface area (Å²) in [5.74, 6) is -0.953. The molecule has 2 aromatic rings. The standard InChI is InChI=1S/C18H18F3N3O2/c1-13(25)24(16-8-3-2-7-15(16)18(19,20)21)11-9-17(26)23-12-14-6-4-5-10-22-14/h2-8,10H,9,11-12H2,1H3,(H,23,26). The van der Waals surface area contributed by atoms with Gasteiger partial charge in [-0.1, -0.05) is 18.2 Å². The molecule has 2 rings (SSSR count). The fraction of sp³-hybridized carbons (Fsp3) is 0.278. The Kier molecular flexibility index (Phi) is 6.32. The molecule has 0 saturated heterocycles. The van der Waals surface area contributed by atoms with Crippen LogP contribution in [-0.4, -0.2) is 23.3 Å². The number of hydrogen-bond donors (Lipinski definition) is 1. The Morgan fingerprint density at radius 1 is 1.12 bits per heavy atom. The summed E-state index contributed by atoms with van der Waals surface area (Å²) in [6, 6.07) is 10.1. The number of anilines is 1. The molecule has 138 valence electrons. The summed E-state index contributed by atoms with van der Waals surface area (Å²) in [5, 5.41) is 2.63. The number of hydrogen-bond acceptors (Lipinski definition) is 3. The van der Waals surface area contributed by atoms with E-state index < -0.39 is 17.6 Å². The van der Waals surface area contributed by atoms with Crippen LogP contribution in [0.5, 0.6) is 0 Å². The quantitative estimate of drug-likeness (QED) is 0.855. The Morgan fingerprint density at radius 3 is 2.42 bits per heavy atom. The van der Waals surface area contributed by atoms with Gasteiger partial charge in [0.2, 0.25) is 11.8 Å². The number of amides is 2. The molecule has 5 nitrogen and oxygen atoms in total. The maximum Gasteiger partial charge on any atom is 0.418 e. The van der Waals surface area contributed by atoms with Crippen LogP contribution in [0.4, 0.5) is 18.9 Å². The van der Waals surface area contributed by atoms with Crippen molar-refractivity contribution in [2.75, 3.05) is 11.4 Å². The zero-order valence-electron chi connectivity index (χ0n) is 14.1. The molecule has 0 aliphatic carbocycles. The molecule has 1 heterocycles. The van der Waals surface area contributed by atoms with Crippen molar-refractivity contribution in [2.24, 2.45) is 0 Å². The van der Waals surface area contributed by atoms with E-state index in [1.54, 1.807) is 24.4 Å². The van der Waals surface area contributed by atoms with Crippen LogP contribution in [0.3, 0.4) is 0 Å². The van der Waals surface area contributed by atoms with Crippen molar-refractivity contribution in [1.82, 2.24) is 10.3 Å². The number of aromatic nitrogens is 1. The van der Waals surface area contributed by atoms with Gasteiger partial charge in [-0.2, -0.15) is 13.2 Å². The number of carbonyl (C=O) groups excluding carboxylic acids is 2. The van der Waals surface area contributed by atoms with E-state index >= 15 is 0 Å². The third-order valence-corrected chi connectivity index (χ3v) is 3.64.